The molecule has 5 amide bonds. The van der Waals surface area contributed by atoms with Crippen LogP contribution in [0.3, 0.4) is 0 Å². The van der Waals surface area contributed by atoms with Gasteiger partial charge in [-0.25, -0.2) is 4.79 Å². The van der Waals surface area contributed by atoms with Crippen molar-refractivity contribution in [2.45, 2.75) is 32.4 Å². The number of methoxy groups -OCH3 is 1. The van der Waals surface area contributed by atoms with Crippen molar-refractivity contribution >= 4 is 23.8 Å². The van der Waals surface area contributed by atoms with E-state index in [0.29, 0.717) is 17.9 Å². The molecule has 1 aromatic rings. The zero-order valence-electron chi connectivity index (χ0n) is 15.8. The second-order valence-electron chi connectivity index (χ2n) is 6.36. The van der Waals surface area contributed by atoms with Gasteiger partial charge in [0.25, 0.3) is 5.91 Å². The molecule has 0 spiro atoms. The number of hydrogen-bond acceptors (Lipinski definition) is 5. The molecule has 0 bridgehead atoms. The van der Waals surface area contributed by atoms with Gasteiger partial charge in [0.1, 0.15) is 23.9 Å². The summed E-state index contributed by atoms with van der Waals surface area (Å²) in [5.74, 6) is -0.865. The van der Waals surface area contributed by atoms with E-state index in [9.17, 15) is 19.2 Å². The Balaban J connectivity index is 2.08. The second kappa shape index (κ2) is 8.07. The van der Waals surface area contributed by atoms with Crippen molar-refractivity contribution in [3.05, 3.63) is 29.8 Å². The van der Waals surface area contributed by atoms with Crippen LogP contribution in [0.2, 0.25) is 0 Å². The van der Waals surface area contributed by atoms with Crippen molar-refractivity contribution < 1.29 is 23.9 Å². The molecule has 9 nitrogen and oxygen atoms in total. The summed E-state index contributed by atoms with van der Waals surface area (Å²) in [4.78, 5) is 49.8. The monoisotopic (exact) mass is 376 g/mol. The molecule has 0 radical (unpaired) electrons. The molecule has 2 atom stereocenters. The Morgan fingerprint density at radius 1 is 1.26 bits per heavy atom. The number of ether oxygens (including phenoxy) is 1. The highest BCUT2D eigenvalue weighted by Gasteiger charge is 2.49. The molecule has 1 aliphatic heterocycles. The standard InChI is InChI=1S/C18H24N4O5/c1-5-19-15(24)11(2)20-14(23)10-22-16(25)18(3,21-17(22)26)12-6-8-13(27-4)9-7-12/h6-9,11H,5,10H2,1-4H3,(H,19,24)(H,20,23)(H,21,26)/t11-,18-/m1/s1. The summed E-state index contributed by atoms with van der Waals surface area (Å²) >= 11 is 0. The van der Waals surface area contributed by atoms with Gasteiger partial charge in [-0.15, -0.1) is 0 Å². The van der Waals surface area contributed by atoms with Gasteiger partial charge in [-0.05, 0) is 38.5 Å². The molecule has 0 aromatic heterocycles. The van der Waals surface area contributed by atoms with Crippen LogP contribution in [0.15, 0.2) is 24.3 Å². The van der Waals surface area contributed by atoms with Gasteiger partial charge in [0.05, 0.1) is 7.11 Å². The van der Waals surface area contributed by atoms with E-state index in [1.165, 1.54) is 14.0 Å². The maximum atomic E-state index is 12.8. The van der Waals surface area contributed by atoms with Gasteiger partial charge < -0.3 is 20.7 Å². The Kier molecular flexibility index (Phi) is 6.04. The minimum Gasteiger partial charge on any atom is -0.497 e. The predicted molar refractivity (Wildman–Crippen MR) is 96.9 cm³/mol. The van der Waals surface area contributed by atoms with Gasteiger partial charge in [-0.2, -0.15) is 0 Å². The fourth-order valence-electron chi connectivity index (χ4n) is 2.78. The first-order valence-corrected chi connectivity index (χ1v) is 8.58. The predicted octanol–water partition coefficient (Wildman–Crippen LogP) is 0.103. The normalized spacial score (nSPS) is 20.1. The van der Waals surface area contributed by atoms with E-state index in [0.717, 1.165) is 4.90 Å². The van der Waals surface area contributed by atoms with E-state index in [1.807, 2.05) is 0 Å². The van der Waals surface area contributed by atoms with Crippen molar-refractivity contribution in [3.8, 4) is 5.75 Å². The van der Waals surface area contributed by atoms with Gasteiger partial charge in [0.2, 0.25) is 11.8 Å². The molecule has 27 heavy (non-hydrogen) atoms. The number of urea groups is 1. The lowest BCUT2D eigenvalue weighted by atomic mass is 9.92. The number of nitrogens with zero attached hydrogens (tertiary/aromatic N) is 1. The zero-order chi connectivity index (χ0) is 20.2. The van der Waals surface area contributed by atoms with Crippen LogP contribution < -0.4 is 20.7 Å². The van der Waals surface area contributed by atoms with Gasteiger partial charge in [0.15, 0.2) is 0 Å². The smallest absolute Gasteiger partial charge is 0.325 e. The van der Waals surface area contributed by atoms with Crippen molar-refractivity contribution in [3.63, 3.8) is 0 Å². The summed E-state index contributed by atoms with van der Waals surface area (Å²) in [6, 6.07) is 5.28. The summed E-state index contributed by atoms with van der Waals surface area (Å²) in [6.45, 7) is 4.83. The summed E-state index contributed by atoms with van der Waals surface area (Å²) in [7, 11) is 1.53. The summed E-state index contributed by atoms with van der Waals surface area (Å²) in [5.41, 5.74) is -0.713. The van der Waals surface area contributed by atoms with Crippen molar-refractivity contribution in [2.75, 3.05) is 20.2 Å². The summed E-state index contributed by atoms with van der Waals surface area (Å²) in [5, 5.41) is 7.68. The minimum atomic E-state index is -1.28. The average Bonchev–Trinajstić information content (AvgIpc) is 2.86. The first-order valence-electron chi connectivity index (χ1n) is 8.58. The highest BCUT2D eigenvalue weighted by Crippen LogP contribution is 2.29. The Labute approximate surface area is 157 Å². The Bertz CT molecular complexity index is 749. The molecule has 2 rings (SSSR count). The van der Waals surface area contributed by atoms with Gasteiger partial charge in [-0.3, -0.25) is 19.3 Å². The molecule has 0 aliphatic carbocycles. The highest BCUT2D eigenvalue weighted by molar-refractivity contribution is 6.09. The average molecular weight is 376 g/mol. The summed E-state index contributed by atoms with van der Waals surface area (Å²) < 4.78 is 5.09. The lowest BCUT2D eigenvalue weighted by Gasteiger charge is -2.22. The van der Waals surface area contributed by atoms with Gasteiger partial charge in [-0.1, -0.05) is 12.1 Å². The van der Waals surface area contributed by atoms with Crippen LogP contribution in [0.4, 0.5) is 4.79 Å². The number of benzene rings is 1. The van der Waals surface area contributed by atoms with Crippen LogP contribution in [0, 0.1) is 0 Å². The number of rotatable bonds is 7. The van der Waals surface area contributed by atoms with E-state index in [1.54, 1.807) is 38.1 Å². The van der Waals surface area contributed by atoms with Crippen LogP contribution in [-0.4, -0.2) is 54.9 Å². The number of nitrogens with one attached hydrogen (secondary N) is 3. The van der Waals surface area contributed by atoms with Gasteiger partial charge in [0, 0.05) is 6.54 Å². The van der Waals surface area contributed by atoms with Crippen LogP contribution in [0.25, 0.3) is 0 Å². The van der Waals surface area contributed by atoms with E-state index in [4.69, 9.17) is 4.74 Å². The van der Waals surface area contributed by atoms with Gasteiger partial charge >= 0.3 is 6.03 Å². The third-order valence-electron chi connectivity index (χ3n) is 4.37. The molecule has 1 aromatic carbocycles. The maximum absolute atomic E-state index is 12.8. The van der Waals surface area contributed by atoms with Crippen LogP contribution in [-0.2, 0) is 19.9 Å². The fourth-order valence-corrected chi connectivity index (χ4v) is 2.78. The van der Waals surface area contributed by atoms with E-state index in [-0.39, 0.29) is 5.91 Å². The number of carbonyl (C=O) groups excluding carboxylic acids is 4. The number of imide groups is 1. The second-order valence-corrected chi connectivity index (χ2v) is 6.36. The van der Waals surface area contributed by atoms with Crippen molar-refractivity contribution in [2.24, 2.45) is 0 Å². The molecular formula is C18H24N4O5. The number of amides is 5. The maximum Gasteiger partial charge on any atom is 0.325 e. The van der Waals surface area contributed by atoms with Crippen LogP contribution in [0.1, 0.15) is 26.3 Å². The number of carbonyl (C=O) groups is 4. The molecule has 1 heterocycles. The van der Waals surface area contributed by atoms with E-state index >= 15 is 0 Å². The third-order valence-corrected chi connectivity index (χ3v) is 4.37. The minimum absolute atomic E-state index is 0.342. The topological polar surface area (TPSA) is 117 Å². The zero-order valence-corrected chi connectivity index (χ0v) is 15.8. The molecule has 1 saturated heterocycles. The third kappa shape index (κ3) is 4.18. The molecular weight excluding hydrogens is 352 g/mol. The molecule has 0 saturated carbocycles. The molecule has 1 aliphatic rings. The first kappa shape index (κ1) is 20.2. The number of hydrogen-bond donors (Lipinski definition) is 3. The lowest BCUT2D eigenvalue weighted by Crippen LogP contribution is -2.49. The van der Waals surface area contributed by atoms with Crippen LogP contribution >= 0.6 is 0 Å². The molecule has 146 valence electrons. The first-order chi connectivity index (χ1) is 12.7. The van der Waals surface area contributed by atoms with Crippen molar-refractivity contribution in [1.29, 1.82) is 0 Å². The lowest BCUT2D eigenvalue weighted by molar-refractivity contribution is -0.135. The van der Waals surface area contributed by atoms with E-state index < -0.39 is 36.0 Å². The van der Waals surface area contributed by atoms with Crippen LogP contribution in [0.5, 0.6) is 5.75 Å². The van der Waals surface area contributed by atoms with E-state index in [2.05, 4.69) is 16.0 Å². The molecule has 0 unspecified atom stereocenters. The SMILES string of the molecule is CCNC(=O)[C@@H](C)NC(=O)CN1C(=O)N[C@](C)(c2ccc(OC)cc2)C1=O. The largest absolute Gasteiger partial charge is 0.497 e. The number of likely N-dealkylation sites (N-methyl/N-ethyl adjacent to an activating group) is 1. The molecule has 9 heteroatoms. The Hall–Kier alpha value is -3.10. The highest BCUT2D eigenvalue weighted by atomic mass is 16.5. The summed E-state index contributed by atoms with van der Waals surface area (Å²) in [6.07, 6.45) is 0. The molecule has 1 fully saturated rings. The Morgan fingerprint density at radius 3 is 2.44 bits per heavy atom. The quantitative estimate of drug-likeness (QED) is 0.584. The van der Waals surface area contributed by atoms with Crippen molar-refractivity contribution in [1.82, 2.24) is 20.9 Å². The fraction of sp³-hybridized carbons (Fsp3) is 0.444. The Morgan fingerprint density at radius 2 is 1.89 bits per heavy atom. The molecule has 3 N–H and O–H groups in total.